The lowest BCUT2D eigenvalue weighted by Gasteiger charge is -2.02. The van der Waals surface area contributed by atoms with Crippen LogP contribution < -0.4 is 0 Å². The number of halogens is 2. The van der Waals surface area contributed by atoms with E-state index in [0.29, 0.717) is 23.0 Å². The van der Waals surface area contributed by atoms with Gasteiger partial charge in [0.1, 0.15) is 6.29 Å². The zero-order valence-electron chi connectivity index (χ0n) is 8.28. The fourth-order valence-electron chi connectivity index (χ4n) is 1.47. The van der Waals surface area contributed by atoms with Gasteiger partial charge in [-0.25, -0.2) is 8.78 Å². The second kappa shape index (κ2) is 4.23. The van der Waals surface area contributed by atoms with Gasteiger partial charge in [-0.15, -0.1) is 0 Å². The van der Waals surface area contributed by atoms with Crippen LogP contribution in [0.1, 0.15) is 10.4 Å². The molecule has 0 saturated carbocycles. The predicted octanol–water partition coefficient (Wildman–Crippen LogP) is 3.44. The van der Waals surface area contributed by atoms with E-state index in [1.807, 2.05) is 0 Å². The van der Waals surface area contributed by atoms with Crippen LogP contribution in [0.2, 0.25) is 0 Å². The van der Waals surface area contributed by atoms with Crippen molar-refractivity contribution in [1.82, 2.24) is 0 Å². The van der Waals surface area contributed by atoms with Crippen molar-refractivity contribution in [2.75, 3.05) is 0 Å². The summed E-state index contributed by atoms with van der Waals surface area (Å²) in [6.07, 6.45) is 0.712. The van der Waals surface area contributed by atoms with Crippen LogP contribution in [-0.2, 0) is 0 Å². The molecule has 0 heterocycles. The van der Waals surface area contributed by atoms with Gasteiger partial charge in [-0.2, -0.15) is 0 Å². The van der Waals surface area contributed by atoms with Gasteiger partial charge in [0.15, 0.2) is 11.6 Å². The van der Waals surface area contributed by atoms with E-state index in [0.717, 1.165) is 12.1 Å². The summed E-state index contributed by atoms with van der Waals surface area (Å²) >= 11 is 0. The monoisotopic (exact) mass is 218 g/mol. The van der Waals surface area contributed by atoms with Crippen molar-refractivity contribution in [2.45, 2.75) is 0 Å². The highest BCUT2D eigenvalue weighted by Crippen LogP contribution is 2.22. The van der Waals surface area contributed by atoms with Crippen LogP contribution in [0.5, 0.6) is 0 Å². The maximum atomic E-state index is 13.0. The molecule has 0 bridgehead atoms. The average Bonchev–Trinajstić information content (AvgIpc) is 2.33. The molecule has 0 aromatic heterocycles. The molecule has 0 atom stereocenters. The van der Waals surface area contributed by atoms with Gasteiger partial charge in [0, 0.05) is 5.56 Å². The summed E-state index contributed by atoms with van der Waals surface area (Å²) in [5.41, 5.74) is 1.73. The standard InChI is InChI=1S/C13H8F2O/c14-12-5-4-11(7-13(12)15)10-3-1-2-9(6-10)8-16/h1-8H. The molecule has 2 rings (SSSR count). The molecule has 0 aliphatic carbocycles. The Bertz CT molecular complexity index is 535. The molecule has 2 aromatic rings. The SMILES string of the molecule is O=Cc1cccc(-c2ccc(F)c(F)c2)c1. The predicted molar refractivity (Wildman–Crippen MR) is 57.2 cm³/mol. The second-order valence-electron chi connectivity index (χ2n) is 3.37. The number of benzene rings is 2. The molecule has 0 aliphatic heterocycles. The molecular formula is C13H8F2O. The van der Waals surface area contributed by atoms with Crippen LogP contribution in [0.25, 0.3) is 11.1 Å². The van der Waals surface area contributed by atoms with Crippen molar-refractivity contribution < 1.29 is 13.6 Å². The number of carbonyl (C=O) groups excluding carboxylic acids is 1. The van der Waals surface area contributed by atoms with E-state index in [9.17, 15) is 13.6 Å². The zero-order chi connectivity index (χ0) is 11.5. The summed E-state index contributed by atoms with van der Waals surface area (Å²) in [4.78, 5) is 10.6. The van der Waals surface area contributed by atoms with E-state index >= 15 is 0 Å². The van der Waals surface area contributed by atoms with Crippen LogP contribution >= 0.6 is 0 Å². The first-order valence-electron chi connectivity index (χ1n) is 4.71. The summed E-state index contributed by atoms with van der Waals surface area (Å²) in [6, 6.07) is 10.4. The molecule has 2 aromatic carbocycles. The average molecular weight is 218 g/mol. The Morgan fingerprint density at radius 1 is 0.875 bits per heavy atom. The van der Waals surface area contributed by atoms with Crippen molar-refractivity contribution in [3.63, 3.8) is 0 Å². The minimum absolute atomic E-state index is 0.502. The van der Waals surface area contributed by atoms with Gasteiger partial charge in [-0.1, -0.05) is 24.3 Å². The van der Waals surface area contributed by atoms with Gasteiger partial charge in [0.05, 0.1) is 0 Å². The van der Waals surface area contributed by atoms with Crippen LogP contribution in [0.15, 0.2) is 42.5 Å². The molecule has 0 radical (unpaired) electrons. The van der Waals surface area contributed by atoms with Crippen molar-refractivity contribution in [3.05, 3.63) is 59.7 Å². The Balaban J connectivity index is 2.49. The van der Waals surface area contributed by atoms with Gasteiger partial charge < -0.3 is 0 Å². The third kappa shape index (κ3) is 1.98. The number of hydrogen-bond acceptors (Lipinski definition) is 1. The summed E-state index contributed by atoms with van der Waals surface area (Å²) < 4.78 is 25.7. The van der Waals surface area contributed by atoms with E-state index in [2.05, 4.69) is 0 Å². The topological polar surface area (TPSA) is 17.1 Å². The smallest absolute Gasteiger partial charge is 0.159 e. The quantitative estimate of drug-likeness (QED) is 0.705. The number of aldehydes is 1. The van der Waals surface area contributed by atoms with E-state index in [1.165, 1.54) is 6.07 Å². The van der Waals surface area contributed by atoms with E-state index in [-0.39, 0.29) is 0 Å². The fourth-order valence-corrected chi connectivity index (χ4v) is 1.47. The Hall–Kier alpha value is -2.03. The van der Waals surface area contributed by atoms with Crippen LogP contribution in [0.3, 0.4) is 0 Å². The highest BCUT2D eigenvalue weighted by atomic mass is 19.2. The number of carbonyl (C=O) groups is 1. The highest BCUT2D eigenvalue weighted by Gasteiger charge is 2.04. The van der Waals surface area contributed by atoms with Crippen LogP contribution in [0, 0.1) is 11.6 Å². The Morgan fingerprint density at radius 2 is 1.62 bits per heavy atom. The molecule has 0 fully saturated rings. The maximum Gasteiger partial charge on any atom is 0.159 e. The molecule has 0 saturated heterocycles. The number of rotatable bonds is 2. The molecule has 0 N–H and O–H groups in total. The van der Waals surface area contributed by atoms with Gasteiger partial charge in [-0.3, -0.25) is 4.79 Å². The summed E-state index contributed by atoms with van der Waals surface area (Å²) in [7, 11) is 0. The lowest BCUT2D eigenvalue weighted by Crippen LogP contribution is -1.86. The third-order valence-corrected chi connectivity index (χ3v) is 2.28. The Labute approximate surface area is 91.3 Å². The summed E-state index contributed by atoms with van der Waals surface area (Å²) in [5, 5.41) is 0. The summed E-state index contributed by atoms with van der Waals surface area (Å²) in [6.45, 7) is 0. The minimum Gasteiger partial charge on any atom is -0.298 e. The second-order valence-corrected chi connectivity index (χ2v) is 3.37. The van der Waals surface area contributed by atoms with Crippen molar-refractivity contribution in [2.24, 2.45) is 0 Å². The Kier molecular flexibility index (Phi) is 2.77. The van der Waals surface area contributed by atoms with Crippen molar-refractivity contribution >= 4 is 6.29 Å². The fraction of sp³-hybridized carbons (Fsp3) is 0. The molecule has 0 aliphatic rings. The molecule has 80 valence electrons. The minimum atomic E-state index is -0.894. The lowest BCUT2D eigenvalue weighted by molar-refractivity contribution is 0.112. The van der Waals surface area contributed by atoms with Crippen molar-refractivity contribution in [1.29, 1.82) is 0 Å². The molecule has 16 heavy (non-hydrogen) atoms. The zero-order valence-corrected chi connectivity index (χ0v) is 8.28. The van der Waals surface area contributed by atoms with Gasteiger partial charge >= 0.3 is 0 Å². The van der Waals surface area contributed by atoms with Gasteiger partial charge in [0.2, 0.25) is 0 Å². The first kappa shape index (κ1) is 10.5. The molecule has 0 amide bonds. The van der Waals surface area contributed by atoms with Crippen LogP contribution in [0.4, 0.5) is 8.78 Å². The summed E-state index contributed by atoms with van der Waals surface area (Å²) in [5.74, 6) is -1.77. The normalized spacial score (nSPS) is 10.1. The van der Waals surface area contributed by atoms with E-state index < -0.39 is 11.6 Å². The molecule has 0 spiro atoms. The van der Waals surface area contributed by atoms with Crippen LogP contribution in [-0.4, -0.2) is 6.29 Å². The lowest BCUT2D eigenvalue weighted by atomic mass is 10.0. The van der Waals surface area contributed by atoms with E-state index in [4.69, 9.17) is 0 Å². The largest absolute Gasteiger partial charge is 0.298 e. The first-order chi connectivity index (χ1) is 7.70. The molecule has 1 nitrogen and oxygen atoms in total. The van der Waals surface area contributed by atoms with E-state index in [1.54, 1.807) is 24.3 Å². The highest BCUT2D eigenvalue weighted by molar-refractivity contribution is 5.78. The van der Waals surface area contributed by atoms with Crippen molar-refractivity contribution in [3.8, 4) is 11.1 Å². The third-order valence-electron chi connectivity index (χ3n) is 2.28. The molecule has 3 heteroatoms. The number of hydrogen-bond donors (Lipinski definition) is 0. The first-order valence-corrected chi connectivity index (χ1v) is 4.71. The van der Waals surface area contributed by atoms with Gasteiger partial charge in [-0.05, 0) is 29.3 Å². The maximum absolute atomic E-state index is 13.0. The molecule has 0 unspecified atom stereocenters. The molecular weight excluding hydrogens is 210 g/mol. The van der Waals surface area contributed by atoms with Gasteiger partial charge in [0.25, 0.3) is 0 Å². The Morgan fingerprint density at radius 3 is 2.31 bits per heavy atom.